The Morgan fingerprint density at radius 3 is 2.76 bits per heavy atom. The molecule has 0 saturated heterocycles. The molecular formula is C16H19NO3S. The number of nitrogens with zero attached hydrogens (tertiary/aromatic N) is 1. The van der Waals surface area contributed by atoms with Gasteiger partial charge in [0, 0.05) is 6.42 Å². The molecule has 2 aromatic rings. The van der Waals surface area contributed by atoms with Crippen LogP contribution in [-0.2, 0) is 13.0 Å². The maximum absolute atomic E-state index is 11.1. The smallest absolute Gasteiger partial charge is 0.339 e. The number of carboxylic acids is 1. The second-order valence-electron chi connectivity index (χ2n) is 5.30. The van der Waals surface area contributed by atoms with E-state index in [1.807, 2.05) is 6.92 Å². The Bertz CT molecular complexity index is 634. The molecule has 0 fully saturated rings. The third-order valence-electron chi connectivity index (χ3n) is 3.00. The van der Waals surface area contributed by atoms with E-state index in [0.29, 0.717) is 18.3 Å². The molecule has 0 atom stereocenters. The molecule has 112 valence electrons. The van der Waals surface area contributed by atoms with E-state index in [9.17, 15) is 4.79 Å². The molecule has 0 aliphatic carbocycles. The molecule has 0 unspecified atom stereocenters. The molecule has 2 rings (SSSR count). The van der Waals surface area contributed by atoms with E-state index >= 15 is 0 Å². The second-order valence-corrected chi connectivity index (χ2v) is 6.47. The van der Waals surface area contributed by atoms with Crippen molar-refractivity contribution in [1.29, 1.82) is 0 Å². The molecule has 1 heterocycles. The van der Waals surface area contributed by atoms with Crippen LogP contribution in [0.1, 0.15) is 39.8 Å². The zero-order valence-corrected chi connectivity index (χ0v) is 13.2. The highest BCUT2D eigenvalue weighted by atomic mass is 32.1. The fourth-order valence-electron chi connectivity index (χ4n) is 1.97. The van der Waals surface area contributed by atoms with Crippen molar-refractivity contribution in [3.8, 4) is 5.75 Å². The maximum Gasteiger partial charge on any atom is 0.339 e. The lowest BCUT2D eigenvalue weighted by molar-refractivity contribution is 0.0692. The third-order valence-corrected chi connectivity index (χ3v) is 4.15. The number of aromatic carboxylic acids is 1. The highest BCUT2D eigenvalue weighted by Crippen LogP contribution is 2.24. The molecule has 0 amide bonds. The van der Waals surface area contributed by atoms with Crippen molar-refractivity contribution >= 4 is 17.3 Å². The summed E-state index contributed by atoms with van der Waals surface area (Å²) in [4.78, 5) is 16.7. The molecule has 21 heavy (non-hydrogen) atoms. The summed E-state index contributed by atoms with van der Waals surface area (Å²) < 4.78 is 5.67. The average molecular weight is 305 g/mol. The van der Waals surface area contributed by atoms with Crippen LogP contribution >= 0.6 is 11.3 Å². The molecule has 1 N–H and O–H groups in total. The van der Waals surface area contributed by atoms with Gasteiger partial charge in [0.2, 0.25) is 0 Å². The largest absolute Gasteiger partial charge is 0.487 e. The molecule has 0 aliphatic rings. The molecule has 0 spiro atoms. The molecule has 1 aromatic heterocycles. The standard InChI is InChI=1S/C16H19NO3S/c1-10(2)8-15-17-11(3)14(21-15)9-20-13-7-5-4-6-12(13)16(18)19/h4-7,10H,8-9H2,1-3H3,(H,18,19). The van der Waals surface area contributed by atoms with Crippen LogP contribution < -0.4 is 4.74 Å². The van der Waals surface area contributed by atoms with Crippen molar-refractivity contribution < 1.29 is 14.6 Å². The fraction of sp³-hybridized carbons (Fsp3) is 0.375. The monoisotopic (exact) mass is 305 g/mol. The average Bonchev–Trinajstić information content (AvgIpc) is 2.75. The minimum absolute atomic E-state index is 0.182. The summed E-state index contributed by atoms with van der Waals surface area (Å²) in [6.07, 6.45) is 0.956. The maximum atomic E-state index is 11.1. The first-order valence-electron chi connectivity index (χ1n) is 6.87. The summed E-state index contributed by atoms with van der Waals surface area (Å²) in [7, 11) is 0. The van der Waals surface area contributed by atoms with Gasteiger partial charge in [-0.1, -0.05) is 26.0 Å². The molecule has 0 saturated carbocycles. The topological polar surface area (TPSA) is 59.4 Å². The van der Waals surface area contributed by atoms with Gasteiger partial charge in [0.05, 0.1) is 15.6 Å². The molecule has 0 bridgehead atoms. The summed E-state index contributed by atoms with van der Waals surface area (Å²) in [5.74, 6) is -0.0209. The first-order chi connectivity index (χ1) is 9.97. The number of rotatable bonds is 6. The molecule has 5 heteroatoms. The number of aryl methyl sites for hydroxylation is 1. The van der Waals surface area contributed by atoms with E-state index in [1.165, 1.54) is 0 Å². The van der Waals surface area contributed by atoms with Crippen LogP contribution in [0.2, 0.25) is 0 Å². The molecule has 0 radical (unpaired) electrons. The number of hydrogen-bond acceptors (Lipinski definition) is 4. The minimum atomic E-state index is -0.980. The highest BCUT2D eigenvalue weighted by molar-refractivity contribution is 7.11. The van der Waals surface area contributed by atoms with Gasteiger partial charge in [-0.2, -0.15) is 0 Å². The predicted octanol–water partition coefficient (Wildman–Crippen LogP) is 3.93. The Labute approximate surface area is 128 Å². The van der Waals surface area contributed by atoms with Gasteiger partial charge in [-0.25, -0.2) is 9.78 Å². The lowest BCUT2D eigenvalue weighted by Crippen LogP contribution is -2.03. The first-order valence-corrected chi connectivity index (χ1v) is 7.69. The van der Waals surface area contributed by atoms with E-state index in [0.717, 1.165) is 22.0 Å². The quantitative estimate of drug-likeness (QED) is 0.878. The van der Waals surface area contributed by atoms with E-state index < -0.39 is 5.97 Å². The van der Waals surface area contributed by atoms with Crippen molar-refractivity contribution in [3.63, 3.8) is 0 Å². The van der Waals surface area contributed by atoms with Crippen LogP contribution in [0.5, 0.6) is 5.75 Å². The first kappa shape index (κ1) is 15.5. The summed E-state index contributed by atoms with van der Waals surface area (Å²) >= 11 is 1.64. The number of benzene rings is 1. The second kappa shape index (κ2) is 6.72. The Balaban J connectivity index is 2.10. The number of carbonyl (C=O) groups is 1. The number of aromatic nitrogens is 1. The van der Waals surface area contributed by atoms with Gasteiger partial charge in [0.1, 0.15) is 17.9 Å². The van der Waals surface area contributed by atoms with E-state index in [2.05, 4.69) is 18.8 Å². The minimum Gasteiger partial charge on any atom is -0.487 e. The van der Waals surface area contributed by atoms with Crippen LogP contribution in [0.4, 0.5) is 0 Å². The molecule has 4 nitrogen and oxygen atoms in total. The van der Waals surface area contributed by atoms with Crippen LogP contribution in [0.15, 0.2) is 24.3 Å². The highest BCUT2D eigenvalue weighted by Gasteiger charge is 2.13. The zero-order chi connectivity index (χ0) is 15.4. The van der Waals surface area contributed by atoms with E-state index in [4.69, 9.17) is 9.84 Å². The number of carboxylic acid groups (broad SMARTS) is 1. The van der Waals surface area contributed by atoms with Crippen LogP contribution in [0, 0.1) is 12.8 Å². The lowest BCUT2D eigenvalue weighted by atomic mass is 10.1. The van der Waals surface area contributed by atoms with Gasteiger partial charge in [-0.15, -0.1) is 11.3 Å². The summed E-state index contributed by atoms with van der Waals surface area (Å²) in [6, 6.07) is 6.68. The van der Waals surface area contributed by atoms with Crippen molar-refractivity contribution in [1.82, 2.24) is 4.98 Å². The lowest BCUT2D eigenvalue weighted by Gasteiger charge is -2.07. The van der Waals surface area contributed by atoms with Crippen molar-refractivity contribution in [2.45, 2.75) is 33.8 Å². The van der Waals surface area contributed by atoms with Crippen molar-refractivity contribution in [3.05, 3.63) is 45.4 Å². The Hall–Kier alpha value is -1.88. The normalized spacial score (nSPS) is 10.9. The van der Waals surface area contributed by atoms with Gasteiger partial charge < -0.3 is 9.84 Å². The molecule has 0 aliphatic heterocycles. The van der Waals surface area contributed by atoms with E-state index in [1.54, 1.807) is 35.6 Å². The Morgan fingerprint density at radius 1 is 1.38 bits per heavy atom. The third kappa shape index (κ3) is 4.04. The van der Waals surface area contributed by atoms with Gasteiger partial charge in [0.15, 0.2) is 0 Å². The number of para-hydroxylation sites is 1. The van der Waals surface area contributed by atoms with Crippen molar-refractivity contribution in [2.24, 2.45) is 5.92 Å². The van der Waals surface area contributed by atoms with Crippen molar-refractivity contribution in [2.75, 3.05) is 0 Å². The van der Waals surface area contributed by atoms with Gasteiger partial charge in [-0.3, -0.25) is 0 Å². The van der Waals surface area contributed by atoms with Gasteiger partial charge in [0.25, 0.3) is 0 Å². The number of thiazole rings is 1. The summed E-state index contributed by atoms with van der Waals surface area (Å²) in [5, 5.41) is 10.2. The van der Waals surface area contributed by atoms with E-state index in [-0.39, 0.29) is 5.56 Å². The number of hydrogen-bond donors (Lipinski definition) is 1. The summed E-state index contributed by atoms with van der Waals surface area (Å²) in [6.45, 7) is 6.64. The summed E-state index contributed by atoms with van der Waals surface area (Å²) in [5.41, 5.74) is 1.14. The van der Waals surface area contributed by atoms with Crippen LogP contribution in [0.25, 0.3) is 0 Å². The van der Waals surface area contributed by atoms with Crippen LogP contribution in [0.3, 0.4) is 0 Å². The van der Waals surface area contributed by atoms with Crippen LogP contribution in [-0.4, -0.2) is 16.1 Å². The number of ether oxygens (including phenoxy) is 1. The Kier molecular flexibility index (Phi) is 4.96. The Morgan fingerprint density at radius 2 is 2.10 bits per heavy atom. The predicted molar refractivity (Wildman–Crippen MR) is 83.1 cm³/mol. The zero-order valence-electron chi connectivity index (χ0n) is 12.4. The fourth-order valence-corrected chi connectivity index (χ4v) is 3.17. The molecular weight excluding hydrogens is 286 g/mol. The molecule has 1 aromatic carbocycles. The van der Waals surface area contributed by atoms with Gasteiger partial charge >= 0.3 is 5.97 Å². The SMILES string of the molecule is Cc1nc(CC(C)C)sc1COc1ccccc1C(=O)O. The van der Waals surface area contributed by atoms with Gasteiger partial charge in [-0.05, 0) is 25.0 Å².